The van der Waals surface area contributed by atoms with E-state index in [9.17, 15) is 9.59 Å². The maximum absolute atomic E-state index is 12.7. The largest absolute Gasteiger partial charge is 0.342 e. The molecule has 6 nitrogen and oxygen atoms in total. The maximum Gasteiger partial charge on any atom is 0.246 e. The maximum atomic E-state index is 12.7. The van der Waals surface area contributed by atoms with Crippen LogP contribution in [0.2, 0.25) is 0 Å². The zero-order valence-electron chi connectivity index (χ0n) is 13.4. The highest BCUT2D eigenvalue weighted by atomic mass is 16.2. The molecule has 0 aliphatic carbocycles. The Morgan fingerprint density at radius 1 is 1.33 bits per heavy atom. The Kier molecular flexibility index (Phi) is 4.07. The Morgan fingerprint density at radius 2 is 2.00 bits per heavy atom. The molecule has 0 aromatic carbocycles. The number of aryl methyl sites for hydroxylation is 1. The van der Waals surface area contributed by atoms with Crippen LogP contribution in [0.5, 0.6) is 0 Å². The average molecular weight is 292 g/mol. The predicted octanol–water partition coefficient (Wildman–Crippen LogP) is 0.724. The minimum absolute atomic E-state index is 0.0104. The molecule has 0 bridgehead atoms. The van der Waals surface area contributed by atoms with Crippen LogP contribution >= 0.6 is 0 Å². The highest BCUT2D eigenvalue weighted by Crippen LogP contribution is 2.25. The summed E-state index contributed by atoms with van der Waals surface area (Å²) in [4.78, 5) is 30.7. The first kappa shape index (κ1) is 15.5. The minimum Gasteiger partial charge on any atom is -0.342 e. The van der Waals surface area contributed by atoms with Gasteiger partial charge in [0.2, 0.25) is 11.8 Å². The van der Waals surface area contributed by atoms with Crippen LogP contribution in [0.4, 0.5) is 0 Å². The van der Waals surface area contributed by atoms with Gasteiger partial charge in [0, 0.05) is 32.4 Å². The van der Waals surface area contributed by atoms with Crippen LogP contribution < -0.4 is 5.32 Å². The molecule has 1 aromatic heterocycles. The first-order chi connectivity index (χ1) is 9.71. The SMILES string of the molecule is CC1C(=O)NC(C(C)(C)C)C(=O)N1CCc1nccn1C. The molecule has 2 amide bonds. The van der Waals surface area contributed by atoms with Crippen molar-refractivity contribution in [1.82, 2.24) is 19.8 Å². The normalized spacial score (nSPS) is 23.4. The van der Waals surface area contributed by atoms with Crippen molar-refractivity contribution in [3.05, 3.63) is 18.2 Å². The minimum atomic E-state index is -0.470. The summed E-state index contributed by atoms with van der Waals surface area (Å²) in [5.41, 5.74) is -0.297. The summed E-state index contributed by atoms with van der Waals surface area (Å²) < 4.78 is 1.93. The zero-order chi connectivity index (χ0) is 15.8. The molecule has 1 aliphatic rings. The molecule has 1 fully saturated rings. The predicted molar refractivity (Wildman–Crippen MR) is 79.5 cm³/mol. The van der Waals surface area contributed by atoms with Crippen LogP contribution in [0, 0.1) is 5.41 Å². The number of carbonyl (C=O) groups is 2. The van der Waals surface area contributed by atoms with E-state index in [2.05, 4.69) is 10.3 Å². The molecular formula is C15H24N4O2. The number of nitrogens with one attached hydrogen (secondary N) is 1. The third kappa shape index (κ3) is 3.09. The van der Waals surface area contributed by atoms with E-state index in [4.69, 9.17) is 0 Å². The van der Waals surface area contributed by atoms with Gasteiger partial charge in [0.1, 0.15) is 17.9 Å². The van der Waals surface area contributed by atoms with Crippen LogP contribution in [0.1, 0.15) is 33.5 Å². The number of hydrogen-bond acceptors (Lipinski definition) is 3. The summed E-state index contributed by atoms with van der Waals surface area (Å²) in [6.07, 6.45) is 4.26. The third-order valence-corrected chi connectivity index (χ3v) is 4.03. The highest BCUT2D eigenvalue weighted by Gasteiger charge is 2.43. The molecule has 0 saturated carbocycles. The van der Waals surface area contributed by atoms with Gasteiger partial charge < -0.3 is 14.8 Å². The first-order valence-corrected chi connectivity index (χ1v) is 7.29. The Morgan fingerprint density at radius 3 is 2.52 bits per heavy atom. The third-order valence-electron chi connectivity index (χ3n) is 4.03. The summed E-state index contributed by atoms with van der Waals surface area (Å²) in [6.45, 7) is 8.16. The molecule has 0 spiro atoms. The molecule has 2 atom stereocenters. The summed E-state index contributed by atoms with van der Waals surface area (Å²) in [5, 5.41) is 2.84. The number of amides is 2. The number of imidazole rings is 1. The summed E-state index contributed by atoms with van der Waals surface area (Å²) in [6, 6.07) is -0.904. The van der Waals surface area contributed by atoms with Gasteiger partial charge in [-0.25, -0.2) is 4.98 Å². The van der Waals surface area contributed by atoms with Crippen LogP contribution in [0.3, 0.4) is 0 Å². The second-order valence-corrected chi connectivity index (χ2v) is 6.72. The molecular weight excluding hydrogens is 268 g/mol. The summed E-state index contributed by atoms with van der Waals surface area (Å²) in [5.74, 6) is 0.812. The molecule has 1 aliphatic heterocycles. The average Bonchev–Trinajstić information content (AvgIpc) is 2.78. The Balaban J connectivity index is 2.14. The van der Waals surface area contributed by atoms with Gasteiger partial charge in [-0.2, -0.15) is 0 Å². The molecule has 2 heterocycles. The second-order valence-electron chi connectivity index (χ2n) is 6.72. The van der Waals surface area contributed by atoms with Crippen molar-refractivity contribution in [1.29, 1.82) is 0 Å². The Hall–Kier alpha value is -1.85. The van der Waals surface area contributed by atoms with Crippen molar-refractivity contribution in [3.63, 3.8) is 0 Å². The molecule has 2 rings (SSSR count). The van der Waals surface area contributed by atoms with Crippen molar-refractivity contribution in [3.8, 4) is 0 Å². The second kappa shape index (κ2) is 5.50. The summed E-state index contributed by atoms with van der Waals surface area (Å²) >= 11 is 0. The number of rotatable bonds is 3. The lowest BCUT2D eigenvalue weighted by molar-refractivity contribution is -0.151. The zero-order valence-corrected chi connectivity index (χ0v) is 13.4. The van der Waals surface area contributed by atoms with E-state index in [1.54, 1.807) is 18.0 Å². The van der Waals surface area contributed by atoms with Crippen molar-refractivity contribution in [2.24, 2.45) is 12.5 Å². The van der Waals surface area contributed by atoms with E-state index in [0.29, 0.717) is 13.0 Å². The van der Waals surface area contributed by atoms with Crippen LogP contribution in [-0.4, -0.2) is 44.9 Å². The fourth-order valence-corrected chi connectivity index (χ4v) is 2.57. The van der Waals surface area contributed by atoms with E-state index in [1.807, 2.05) is 38.6 Å². The molecule has 0 radical (unpaired) electrons. The van der Waals surface area contributed by atoms with Crippen molar-refractivity contribution in [2.75, 3.05) is 6.54 Å². The van der Waals surface area contributed by atoms with Gasteiger partial charge >= 0.3 is 0 Å². The fourth-order valence-electron chi connectivity index (χ4n) is 2.57. The van der Waals surface area contributed by atoms with Crippen molar-refractivity contribution in [2.45, 2.75) is 46.2 Å². The molecule has 1 N–H and O–H groups in total. The van der Waals surface area contributed by atoms with Gasteiger partial charge in [0.25, 0.3) is 0 Å². The van der Waals surface area contributed by atoms with Gasteiger partial charge in [-0.1, -0.05) is 20.8 Å². The summed E-state index contributed by atoms with van der Waals surface area (Å²) in [7, 11) is 1.93. The van der Waals surface area contributed by atoms with Gasteiger partial charge in [-0.3, -0.25) is 9.59 Å². The lowest BCUT2D eigenvalue weighted by atomic mass is 9.84. The van der Waals surface area contributed by atoms with E-state index in [0.717, 1.165) is 5.82 Å². The first-order valence-electron chi connectivity index (χ1n) is 7.29. The highest BCUT2D eigenvalue weighted by molar-refractivity contribution is 5.97. The molecule has 2 unspecified atom stereocenters. The van der Waals surface area contributed by atoms with Crippen LogP contribution in [0.25, 0.3) is 0 Å². The number of carbonyl (C=O) groups excluding carboxylic acids is 2. The lowest BCUT2D eigenvalue weighted by Gasteiger charge is -2.42. The molecule has 116 valence electrons. The van der Waals surface area contributed by atoms with Gasteiger partial charge in [-0.15, -0.1) is 0 Å². The number of nitrogens with zero attached hydrogens (tertiary/aromatic N) is 3. The van der Waals surface area contributed by atoms with E-state index < -0.39 is 12.1 Å². The van der Waals surface area contributed by atoms with Gasteiger partial charge in [0.15, 0.2) is 0 Å². The van der Waals surface area contributed by atoms with E-state index in [-0.39, 0.29) is 17.2 Å². The number of piperazine rings is 1. The molecule has 1 aromatic rings. The van der Waals surface area contributed by atoms with E-state index in [1.165, 1.54) is 0 Å². The molecule has 21 heavy (non-hydrogen) atoms. The fraction of sp³-hybridized carbons (Fsp3) is 0.667. The monoisotopic (exact) mass is 292 g/mol. The number of aromatic nitrogens is 2. The van der Waals surface area contributed by atoms with Crippen molar-refractivity contribution < 1.29 is 9.59 Å². The smallest absolute Gasteiger partial charge is 0.246 e. The van der Waals surface area contributed by atoms with Crippen molar-refractivity contribution >= 4 is 11.8 Å². The lowest BCUT2D eigenvalue weighted by Crippen LogP contribution is -2.66. The van der Waals surface area contributed by atoms with Crippen LogP contribution in [0.15, 0.2) is 12.4 Å². The Bertz CT molecular complexity index is 544. The molecule has 6 heteroatoms. The standard InChI is InChI=1S/C15H24N4O2/c1-10-13(20)17-12(15(2,3)4)14(21)19(10)8-6-11-16-7-9-18(11)5/h7,9-10,12H,6,8H2,1-5H3,(H,17,20). The topological polar surface area (TPSA) is 67.2 Å². The van der Waals surface area contributed by atoms with Gasteiger partial charge in [0.05, 0.1) is 0 Å². The quantitative estimate of drug-likeness (QED) is 0.893. The Labute approximate surface area is 125 Å². The van der Waals surface area contributed by atoms with E-state index >= 15 is 0 Å². The van der Waals surface area contributed by atoms with Crippen LogP contribution in [-0.2, 0) is 23.1 Å². The number of hydrogen-bond donors (Lipinski definition) is 1. The van der Waals surface area contributed by atoms with Gasteiger partial charge in [-0.05, 0) is 12.3 Å². The molecule has 1 saturated heterocycles.